The number of carboxylic acid groups (broad SMARTS) is 1. The first-order valence-corrected chi connectivity index (χ1v) is 6.92. The maximum atomic E-state index is 11.8. The first-order chi connectivity index (χ1) is 10.6. The minimum atomic E-state index is -1.06. The number of nitrogens with zero attached hydrogens (tertiary/aromatic N) is 3. The highest BCUT2D eigenvalue weighted by molar-refractivity contribution is 5.88. The molecule has 114 valence electrons. The van der Waals surface area contributed by atoms with E-state index in [0.717, 1.165) is 5.56 Å². The summed E-state index contributed by atoms with van der Waals surface area (Å²) in [4.78, 5) is 31.5. The van der Waals surface area contributed by atoms with Crippen molar-refractivity contribution in [3.8, 4) is 11.4 Å². The molecule has 3 heterocycles. The van der Waals surface area contributed by atoms with Gasteiger partial charge >= 0.3 is 11.9 Å². The van der Waals surface area contributed by atoms with Crippen molar-refractivity contribution in [3.63, 3.8) is 0 Å². The number of esters is 1. The number of imidazole rings is 1. The molecule has 0 fully saturated rings. The van der Waals surface area contributed by atoms with Gasteiger partial charge in [0.15, 0.2) is 5.69 Å². The monoisotopic (exact) mass is 301 g/mol. The van der Waals surface area contributed by atoms with Crippen LogP contribution in [-0.4, -0.2) is 38.7 Å². The smallest absolute Gasteiger partial charge is 0.356 e. The average molecular weight is 301 g/mol. The Morgan fingerprint density at radius 3 is 2.91 bits per heavy atom. The number of methoxy groups -OCH3 is 1. The molecule has 3 rings (SSSR count). The van der Waals surface area contributed by atoms with Crippen LogP contribution in [0.25, 0.3) is 11.4 Å². The quantitative estimate of drug-likeness (QED) is 0.861. The number of hydrogen-bond donors (Lipinski definition) is 1. The lowest BCUT2D eigenvalue weighted by molar-refractivity contribution is -0.146. The highest BCUT2D eigenvalue weighted by Gasteiger charge is 2.32. The van der Waals surface area contributed by atoms with Gasteiger partial charge in [-0.25, -0.2) is 9.78 Å². The summed E-state index contributed by atoms with van der Waals surface area (Å²) in [5.74, 6) is -1.11. The fourth-order valence-electron chi connectivity index (χ4n) is 2.80. The Bertz CT molecular complexity index is 724. The van der Waals surface area contributed by atoms with Crippen molar-refractivity contribution in [1.29, 1.82) is 0 Å². The largest absolute Gasteiger partial charge is 0.476 e. The molecule has 2 aromatic heterocycles. The van der Waals surface area contributed by atoms with E-state index in [1.807, 2.05) is 6.07 Å². The van der Waals surface area contributed by atoms with Crippen molar-refractivity contribution in [2.75, 3.05) is 7.11 Å². The summed E-state index contributed by atoms with van der Waals surface area (Å²) in [5, 5.41) is 9.34. The molecule has 1 aliphatic heterocycles. The molecule has 1 atom stereocenters. The van der Waals surface area contributed by atoms with Crippen LogP contribution in [-0.2, 0) is 22.5 Å². The number of hydrogen-bond acceptors (Lipinski definition) is 5. The van der Waals surface area contributed by atoms with E-state index < -0.39 is 5.97 Å². The van der Waals surface area contributed by atoms with Gasteiger partial charge in [0.25, 0.3) is 0 Å². The van der Waals surface area contributed by atoms with Gasteiger partial charge in [-0.1, -0.05) is 0 Å². The van der Waals surface area contributed by atoms with Gasteiger partial charge < -0.3 is 14.4 Å². The summed E-state index contributed by atoms with van der Waals surface area (Å²) in [6.45, 7) is 0.368. The molecule has 1 unspecified atom stereocenters. The van der Waals surface area contributed by atoms with Crippen LogP contribution in [0.2, 0.25) is 0 Å². The zero-order valence-corrected chi connectivity index (χ0v) is 12.0. The Balaban J connectivity index is 2.09. The Labute approximate surface area is 126 Å². The molecule has 1 aliphatic rings. The van der Waals surface area contributed by atoms with Gasteiger partial charge in [-0.05, 0) is 25.0 Å². The number of aromatic carboxylic acids is 1. The van der Waals surface area contributed by atoms with Crippen molar-refractivity contribution in [3.05, 3.63) is 35.9 Å². The average Bonchev–Trinajstić information content (AvgIpc) is 2.94. The van der Waals surface area contributed by atoms with Crippen LogP contribution in [0.3, 0.4) is 0 Å². The fourth-order valence-corrected chi connectivity index (χ4v) is 2.80. The number of carbonyl (C=O) groups is 2. The van der Waals surface area contributed by atoms with E-state index in [1.54, 1.807) is 23.0 Å². The molecular weight excluding hydrogens is 286 g/mol. The molecule has 0 saturated heterocycles. The van der Waals surface area contributed by atoms with Gasteiger partial charge in [0, 0.05) is 24.5 Å². The standard InChI is InChI=1S/C15H15N3O4/c1-22-15(21)10-4-5-11-12(14(19)20)17-13(18(11)8-10)9-3-2-6-16-7-9/h2-3,6-7,10H,4-5,8H2,1H3,(H,19,20). The predicted octanol–water partition coefficient (Wildman–Crippen LogP) is 1.38. The maximum Gasteiger partial charge on any atom is 0.356 e. The Kier molecular flexibility index (Phi) is 3.62. The lowest BCUT2D eigenvalue weighted by Gasteiger charge is -2.23. The van der Waals surface area contributed by atoms with Crippen LogP contribution in [0.15, 0.2) is 24.5 Å². The molecule has 0 spiro atoms. The molecule has 1 N–H and O–H groups in total. The highest BCUT2D eigenvalue weighted by atomic mass is 16.5. The summed E-state index contributed by atoms with van der Waals surface area (Å²) in [6.07, 6.45) is 4.31. The fraction of sp³-hybridized carbons (Fsp3) is 0.333. The first kappa shape index (κ1) is 14.2. The van der Waals surface area contributed by atoms with E-state index in [4.69, 9.17) is 4.74 Å². The molecule has 22 heavy (non-hydrogen) atoms. The summed E-state index contributed by atoms with van der Waals surface area (Å²) < 4.78 is 6.60. The zero-order chi connectivity index (χ0) is 15.7. The van der Waals surface area contributed by atoms with E-state index in [1.165, 1.54) is 7.11 Å². The molecule has 7 nitrogen and oxygen atoms in total. The Morgan fingerprint density at radius 1 is 1.45 bits per heavy atom. The van der Waals surface area contributed by atoms with Crippen molar-refractivity contribution >= 4 is 11.9 Å². The normalized spacial score (nSPS) is 16.9. The molecule has 0 radical (unpaired) electrons. The molecule has 2 aromatic rings. The second-order valence-corrected chi connectivity index (χ2v) is 5.15. The van der Waals surface area contributed by atoms with Crippen molar-refractivity contribution < 1.29 is 19.4 Å². The minimum Gasteiger partial charge on any atom is -0.476 e. The second-order valence-electron chi connectivity index (χ2n) is 5.15. The van der Waals surface area contributed by atoms with Gasteiger partial charge in [-0.2, -0.15) is 0 Å². The molecule has 0 aliphatic carbocycles. The SMILES string of the molecule is COC(=O)C1CCc2c(C(=O)O)nc(-c3cccnc3)n2C1. The third-order valence-corrected chi connectivity index (χ3v) is 3.86. The second kappa shape index (κ2) is 5.59. The number of carbonyl (C=O) groups excluding carboxylic acids is 1. The summed E-state index contributed by atoms with van der Waals surface area (Å²) in [6, 6.07) is 3.58. The number of fused-ring (bicyclic) bond motifs is 1. The van der Waals surface area contributed by atoms with E-state index in [2.05, 4.69) is 9.97 Å². The topological polar surface area (TPSA) is 94.3 Å². The minimum absolute atomic E-state index is 0.0437. The first-order valence-electron chi connectivity index (χ1n) is 6.92. The Hall–Kier alpha value is -2.70. The zero-order valence-electron chi connectivity index (χ0n) is 12.0. The van der Waals surface area contributed by atoms with E-state index in [9.17, 15) is 14.7 Å². The number of pyridine rings is 1. The van der Waals surface area contributed by atoms with Crippen molar-refractivity contribution in [2.45, 2.75) is 19.4 Å². The van der Waals surface area contributed by atoms with Crippen LogP contribution >= 0.6 is 0 Å². The van der Waals surface area contributed by atoms with Crippen LogP contribution in [0, 0.1) is 5.92 Å². The van der Waals surface area contributed by atoms with Gasteiger partial charge in [0.1, 0.15) is 5.82 Å². The summed E-state index contributed by atoms with van der Waals surface area (Å²) >= 11 is 0. The molecular formula is C15H15N3O4. The highest BCUT2D eigenvalue weighted by Crippen LogP contribution is 2.30. The van der Waals surface area contributed by atoms with Gasteiger partial charge in [-0.3, -0.25) is 9.78 Å². The summed E-state index contributed by atoms with van der Waals surface area (Å²) in [7, 11) is 1.36. The van der Waals surface area contributed by atoms with E-state index in [-0.39, 0.29) is 17.6 Å². The molecule has 0 bridgehead atoms. The van der Waals surface area contributed by atoms with Crippen LogP contribution in [0.4, 0.5) is 0 Å². The van der Waals surface area contributed by atoms with E-state index in [0.29, 0.717) is 30.9 Å². The predicted molar refractivity (Wildman–Crippen MR) is 76.2 cm³/mol. The van der Waals surface area contributed by atoms with Gasteiger partial charge in [0.05, 0.1) is 18.7 Å². The Morgan fingerprint density at radius 2 is 2.27 bits per heavy atom. The molecule has 0 saturated carbocycles. The maximum absolute atomic E-state index is 11.8. The van der Waals surface area contributed by atoms with Crippen LogP contribution < -0.4 is 0 Å². The van der Waals surface area contributed by atoms with E-state index >= 15 is 0 Å². The number of carboxylic acids is 1. The molecule has 0 amide bonds. The third-order valence-electron chi connectivity index (χ3n) is 3.86. The molecule has 0 aromatic carbocycles. The number of rotatable bonds is 3. The molecule has 7 heteroatoms. The van der Waals surface area contributed by atoms with Crippen LogP contribution in [0.5, 0.6) is 0 Å². The van der Waals surface area contributed by atoms with Gasteiger partial charge in [0.2, 0.25) is 0 Å². The van der Waals surface area contributed by atoms with Gasteiger partial charge in [-0.15, -0.1) is 0 Å². The third kappa shape index (κ3) is 2.34. The lowest BCUT2D eigenvalue weighted by Crippen LogP contribution is -2.28. The lowest BCUT2D eigenvalue weighted by atomic mass is 9.97. The van der Waals surface area contributed by atoms with Crippen molar-refractivity contribution in [2.24, 2.45) is 5.92 Å². The van der Waals surface area contributed by atoms with Crippen molar-refractivity contribution in [1.82, 2.24) is 14.5 Å². The number of ether oxygens (including phenoxy) is 1. The number of aromatic nitrogens is 3. The van der Waals surface area contributed by atoms with Crippen LogP contribution in [0.1, 0.15) is 22.6 Å². The summed E-state index contributed by atoms with van der Waals surface area (Å²) in [5.41, 5.74) is 1.41.